The van der Waals surface area contributed by atoms with Crippen LogP contribution in [0, 0.1) is 5.82 Å². The number of aliphatic hydroxyl groups is 1. The number of H-pyrrole nitrogens is 1. The van der Waals surface area contributed by atoms with Crippen molar-refractivity contribution in [3.05, 3.63) is 70.0 Å². The third-order valence-corrected chi connectivity index (χ3v) is 7.23. The van der Waals surface area contributed by atoms with Crippen LogP contribution in [0.1, 0.15) is 55.7 Å². The van der Waals surface area contributed by atoms with Gasteiger partial charge < -0.3 is 10.1 Å². The summed E-state index contributed by atoms with van der Waals surface area (Å²) in [7, 11) is 0. The molecule has 0 radical (unpaired) electrons. The molecule has 0 unspecified atom stereocenters. The van der Waals surface area contributed by atoms with Gasteiger partial charge in [0.05, 0.1) is 23.4 Å². The van der Waals surface area contributed by atoms with Gasteiger partial charge >= 0.3 is 0 Å². The first-order valence-corrected chi connectivity index (χ1v) is 11.5. The van der Waals surface area contributed by atoms with Crippen molar-refractivity contribution in [3.8, 4) is 11.1 Å². The van der Waals surface area contributed by atoms with Crippen molar-refractivity contribution in [1.82, 2.24) is 19.7 Å². The quantitative estimate of drug-likeness (QED) is 0.333. The Morgan fingerprint density at radius 2 is 1.94 bits per heavy atom. The second kappa shape index (κ2) is 8.50. The summed E-state index contributed by atoms with van der Waals surface area (Å²) in [6.45, 7) is 1.96. The Kier molecular flexibility index (Phi) is 5.70. The summed E-state index contributed by atoms with van der Waals surface area (Å²) in [6.07, 6.45) is 10.9. The highest BCUT2D eigenvalue weighted by Gasteiger charge is 2.23. The molecule has 0 amide bonds. The molecule has 2 N–H and O–H groups in total. The number of halogens is 3. The lowest BCUT2D eigenvalue weighted by molar-refractivity contribution is 0.108. The summed E-state index contributed by atoms with van der Waals surface area (Å²) in [5.41, 5.74) is 4.17. The van der Waals surface area contributed by atoms with Crippen LogP contribution < -0.4 is 0 Å². The molecule has 0 bridgehead atoms. The number of benzene rings is 1. The summed E-state index contributed by atoms with van der Waals surface area (Å²) >= 11 is 12.6. The molecule has 1 atom stereocenters. The summed E-state index contributed by atoms with van der Waals surface area (Å²) in [5.74, 6) is -0.716. The maximum atomic E-state index is 14.1. The number of rotatable bonds is 4. The number of hydrogen-bond acceptors (Lipinski definition) is 3. The number of aromatic nitrogens is 4. The molecule has 166 valence electrons. The van der Waals surface area contributed by atoms with Gasteiger partial charge in [0.15, 0.2) is 0 Å². The molecule has 5 nitrogen and oxygen atoms in total. The van der Waals surface area contributed by atoms with Gasteiger partial charge in [0.1, 0.15) is 11.5 Å². The molecule has 1 aliphatic carbocycles. The number of hydrogen-bond donors (Lipinski definition) is 2. The molecule has 32 heavy (non-hydrogen) atoms. The van der Waals surface area contributed by atoms with Crippen LogP contribution in [0.15, 0.2) is 43.0 Å². The molecule has 1 saturated carbocycles. The van der Waals surface area contributed by atoms with Crippen LogP contribution >= 0.6 is 23.2 Å². The normalized spacial score (nSPS) is 20.0. The molecule has 1 aliphatic rings. The molecule has 0 spiro atoms. The number of nitrogens with zero attached hydrogens (tertiary/aromatic N) is 3. The standard InChI is InChI=1S/C24H23Cl2FN4O/c1-13(22-20(25)6-7-21(27)23(22)26)19-11-29-24-18(19)8-14(9-28-24)15-10-30-31(12-15)16-2-4-17(32)5-3-16/h6-13,16-17,32H,2-5H2,1H3,(H,28,29)/t13-,16?,17?/m0/s1. The third kappa shape index (κ3) is 3.81. The highest BCUT2D eigenvalue weighted by atomic mass is 35.5. The fourth-order valence-electron chi connectivity index (χ4n) is 4.64. The Labute approximate surface area is 195 Å². The van der Waals surface area contributed by atoms with Crippen molar-refractivity contribution < 1.29 is 9.50 Å². The molecule has 8 heteroatoms. The van der Waals surface area contributed by atoms with E-state index < -0.39 is 5.82 Å². The van der Waals surface area contributed by atoms with E-state index in [0.717, 1.165) is 53.4 Å². The maximum absolute atomic E-state index is 14.1. The lowest BCUT2D eigenvalue weighted by Crippen LogP contribution is -2.21. The van der Waals surface area contributed by atoms with Crippen molar-refractivity contribution in [2.75, 3.05) is 0 Å². The Hall–Kier alpha value is -2.41. The van der Waals surface area contributed by atoms with E-state index in [0.29, 0.717) is 16.6 Å². The fraction of sp³-hybridized carbons (Fsp3) is 0.333. The zero-order valence-electron chi connectivity index (χ0n) is 17.5. The van der Waals surface area contributed by atoms with E-state index in [-0.39, 0.29) is 17.0 Å². The average molecular weight is 473 g/mol. The van der Waals surface area contributed by atoms with E-state index in [1.54, 1.807) is 0 Å². The topological polar surface area (TPSA) is 66.7 Å². The van der Waals surface area contributed by atoms with Gasteiger partial charge in [-0.05, 0) is 55.0 Å². The SMILES string of the molecule is C[C@H](c1c(Cl)ccc(F)c1Cl)c1c[nH]c2ncc(-c3cnn(C4CCC(O)CC4)c3)cc12. The van der Waals surface area contributed by atoms with Crippen LogP contribution in [-0.4, -0.2) is 31.0 Å². The fourth-order valence-corrected chi connectivity index (χ4v) is 5.34. The van der Waals surface area contributed by atoms with Crippen LogP contribution in [-0.2, 0) is 0 Å². The predicted octanol–water partition coefficient (Wildman–Crippen LogP) is 6.50. The zero-order valence-corrected chi connectivity index (χ0v) is 19.0. The van der Waals surface area contributed by atoms with Gasteiger partial charge in [-0.25, -0.2) is 9.37 Å². The Balaban J connectivity index is 1.49. The number of nitrogens with one attached hydrogen (secondary N) is 1. The summed E-state index contributed by atoms with van der Waals surface area (Å²) in [4.78, 5) is 7.78. The molecule has 0 aliphatic heterocycles. The predicted molar refractivity (Wildman–Crippen MR) is 125 cm³/mol. The third-order valence-electron chi connectivity index (χ3n) is 6.52. The Bertz CT molecular complexity index is 1280. The average Bonchev–Trinajstić information content (AvgIpc) is 3.44. The van der Waals surface area contributed by atoms with Crippen molar-refractivity contribution >= 4 is 34.2 Å². The number of aromatic amines is 1. The summed E-state index contributed by atoms with van der Waals surface area (Å²) < 4.78 is 16.1. The monoisotopic (exact) mass is 472 g/mol. The van der Waals surface area contributed by atoms with Gasteiger partial charge in [-0.2, -0.15) is 5.10 Å². The maximum Gasteiger partial charge on any atom is 0.142 e. The smallest absolute Gasteiger partial charge is 0.142 e. The molecule has 1 fully saturated rings. The minimum Gasteiger partial charge on any atom is -0.393 e. The van der Waals surface area contributed by atoms with E-state index in [9.17, 15) is 9.50 Å². The first kappa shape index (κ1) is 21.4. The van der Waals surface area contributed by atoms with Crippen molar-refractivity contribution in [2.45, 2.75) is 50.7 Å². The van der Waals surface area contributed by atoms with Gasteiger partial charge in [0.2, 0.25) is 0 Å². The van der Waals surface area contributed by atoms with E-state index in [2.05, 4.69) is 21.1 Å². The van der Waals surface area contributed by atoms with Gasteiger partial charge in [0, 0.05) is 46.0 Å². The van der Waals surface area contributed by atoms with Gasteiger partial charge in [-0.3, -0.25) is 4.68 Å². The van der Waals surface area contributed by atoms with Crippen LogP contribution in [0.25, 0.3) is 22.2 Å². The van der Waals surface area contributed by atoms with Crippen molar-refractivity contribution in [2.24, 2.45) is 0 Å². The molecule has 3 heterocycles. The first-order valence-electron chi connectivity index (χ1n) is 10.8. The van der Waals surface area contributed by atoms with Gasteiger partial charge in [-0.1, -0.05) is 30.1 Å². The molecule has 4 aromatic rings. The van der Waals surface area contributed by atoms with Gasteiger partial charge in [0.25, 0.3) is 0 Å². The van der Waals surface area contributed by atoms with Crippen molar-refractivity contribution in [3.63, 3.8) is 0 Å². The van der Waals surface area contributed by atoms with Crippen molar-refractivity contribution in [1.29, 1.82) is 0 Å². The molecule has 3 aromatic heterocycles. The largest absolute Gasteiger partial charge is 0.393 e. The minimum atomic E-state index is -0.487. The zero-order chi connectivity index (χ0) is 22.4. The number of fused-ring (bicyclic) bond motifs is 1. The molecule has 1 aromatic carbocycles. The summed E-state index contributed by atoms with van der Waals surface area (Å²) in [5, 5.41) is 15.7. The molecule has 5 rings (SSSR count). The van der Waals surface area contributed by atoms with Crippen LogP contribution in [0.2, 0.25) is 10.0 Å². The second-order valence-electron chi connectivity index (χ2n) is 8.51. The van der Waals surface area contributed by atoms with Crippen LogP contribution in [0.4, 0.5) is 4.39 Å². The Morgan fingerprint density at radius 1 is 1.16 bits per heavy atom. The lowest BCUT2D eigenvalue weighted by Gasteiger charge is -2.25. The highest BCUT2D eigenvalue weighted by molar-refractivity contribution is 6.36. The second-order valence-corrected chi connectivity index (χ2v) is 9.30. The molecular formula is C24H23Cl2FN4O. The first-order chi connectivity index (χ1) is 15.4. The summed E-state index contributed by atoms with van der Waals surface area (Å²) in [6, 6.07) is 5.19. The van der Waals surface area contributed by atoms with E-state index in [4.69, 9.17) is 23.2 Å². The molecule has 0 saturated heterocycles. The lowest BCUT2D eigenvalue weighted by atomic mass is 9.92. The Morgan fingerprint density at radius 3 is 2.72 bits per heavy atom. The van der Waals surface area contributed by atoms with Crippen LogP contribution in [0.5, 0.6) is 0 Å². The van der Waals surface area contributed by atoms with E-state index >= 15 is 0 Å². The number of pyridine rings is 1. The van der Waals surface area contributed by atoms with E-state index in [1.165, 1.54) is 12.1 Å². The van der Waals surface area contributed by atoms with E-state index in [1.807, 2.05) is 36.4 Å². The van der Waals surface area contributed by atoms with Crippen LogP contribution in [0.3, 0.4) is 0 Å². The number of aliphatic hydroxyl groups excluding tert-OH is 1. The van der Waals surface area contributed by atoms with Gasteiger partial charge in [-0.15, -0.1) is 0 Å². The highest BCUT2D eigenvalue weighted by Crippen LogP contribution is 2.39. The minimum absolute atomic E-state index is 0.0438. The molecular weight excluding hydrogens is 450 g/mol.